The summed E-state index contributed by atoms with van der Waals surface area (Å²) < 4.78 is 2.72. The Kier molecular flexibility index (Phi) is 3.80. The van der Waals surface area contributed by atoms with Gasteiger partial charge in [-0.2, -0.15) is 5.26 Å². The molecule has 1 aromatic carbocycles. The van der Waals surface area contributed by atoms with Crippen LogP contribution in [0.3, 0.4) is 0 Å². The van der Waals surface area contributed by atoms with E-state index in [1.807, 2.05) is 36.0 Å². The quantitative estimate of drug-likeness (QED) is 0.690. The van der Waals surface area contributed by atoms with Gasteiger partial charge in [0.1, 0.15) is 0 Å². The van der Waals surface area contributed by atoms with Crippen molar-refractivity contribution in [1.82, 2.24) is 0 Å². The molecule has 0 N–H and O–H groups in total. The van der Waals surface area contributed by atoms with Crippen molar-refractivity contribution >= 4 is 52.0 Å². The number of nitriles is 1. The second kappa shape index (κ2) is 5.54. The Morgan fingerprint density at radius 2 is 1.61 bits per heavy atom. The molecule has 0 amide bonds. The van der Waals surface area contributed by atoms with Crippen LogP contribution in [0.25, 0.3) is 4.91 Å². The third-order valence-electron chi connectivity index (χ3n) is 2.35. The monoisotopic (exact) mass is 305 g/mol. The van der Waals surface area contributed by atoms with Crippen molar-refractivity contribution in [2.45, 2.75) is 0 Å². The molecule has 2 heterocycles. The van der Waals surface area contributed by atoms with Crippen molar-refractivity contribution in [3.8, 4) is 6.07 Å². The minimum Gasteiger partial charge on any atom is -0.192 e. The number of rotatable bonds is 1. The summed E-state index contributed by atoms with van der Waals surface area (Å²) in [7, 11) is 0. The maximum Gasteiger partial charge on any atom is 0.0991 e. The van der Waals surface area contributed by atoms with Gasteiger partial charge < -0.3 is 0 Å². The standard InChI is InChI=1S/C13H7NS4/c14-7-9-1-3-10(4-2-9)11-8-17-13(18-11)12-15-5-6-16-12/h1-6,8H. The van der Waals surface area contributed by atoms with Crippen LogP contribution >= 0.6 is 47.0 Å². The minimum absolute atomic E-state index is 0.708. The number of hydrogen-bond acceptors (Lipinski definition) is 5. The Balaban J connectivity index is 1.79. The Labute approximate surface area is 123 Å². The Bertz CT molecular complexity index is 595. The van der Waals surface area contributed by atoms with Crippen molar-refractivity contribution in [2.75, 3.05) is 0 Å². The molecule has 0 aromatic heterocycles. The molecule has 0 atom stereocenters. The van der Waals surface area contributed by atoms with Crippen LogP contribution in [0.5, 0.6) is 0 Å². The van der Waals surface area contributed by atoms with E-state index in [0.717, 1.165) is 0 Å². The molecule has 1 aromatic rings. The van der Waals surface area contributed by atoms with Crippen LogP contribution in [0.1, 0.15) is 11.1 Å². The zero-order valence-electron chi connectivity index (χ0n) is 9.12. The summed E-state index contributed by atoms with van der Waals surface area (Å²) in [6.45, 7) is 0. The van der Waals surface area contributed by atoms with E-state index < -0.39 is 0 Å². The van der Waals surface area contributed by atoms with Gasteiger partial charge in [0.25, 0.3) is 0 Å². The molecule has 1 nitrogen and oxygen atoms in total. The van der Waals surface area contributed by atoms with Crippen LogP contribution in [0.2, 0.25) is 0 Å². The third kappa shape index (κ3) is 2.52. The van der Waals surface area contributed by atoms with Crippen LogP contribution < -0.4 is 0 Å². The predicted molar refractivity (Wildman–Crippen MR) is 85.7 cm³/mol. The van der Waals surface area contributed by atoms with Gasteiger partial charge in [-0.15, -0.1) is 0 Å². The van der Waals surface area contributed by atoms with Crippen molar-refractivity contribution in [3.05, 3.63) is 60.1 Å². The second-order valence-electron chi connectivity index (χ2n) is 3.47. The van der Waals surface area contributed by atoms with Gasteiger partial charge in [0.05, 0.1) is 20.1 Å². The van der Waals surface area contributed by atoms with Crippen molar-refractivity contribution in [3.63, 3.8) is 0 Å². The number of nitrogens with zero attached hydrogens (tertiary/aromatic N) is 1. The fourth-order valence-electron chi connectivity index (χ4n) is 1.48. The fourth-order valence-corrected chi connectivity index (χ4v) is 5.97. The van der Waals surface area contributed by atoms with Crippen LogP contribution in [-0.2, 0) is 0 Å². The number of hydrogen-bond donors (Lipinski definition) is 0. The average molecular weight is 305 g/mol. The molecule has 88 valence electrons. The molecular formula is C13H7NS4. The summed E-state index contributed by atoms with van der Waals surface area (Å²) in [6, 6.07) is 9.90. The molecule has 0 fully saturated rings. The molecule has 0 saturated carbocycles. The summed E-state index contributed by atoms with van der Waals surface area (Å²) >= 11 is 7.17. The fraction of sp³-hybridized carbons (Fsp3) is 0. The first kappa shape index (κ1) is 12.4. The Hall–Kier alpha value is -0.670. The molecule has 0 radical (unpaired) electrons. The highest BCUT2D eigenvalue weighted by atomic mass is 32.2. The van der Waals surface area contributed by atoms with E-state index >= 15 is 0 Å². The lowest BCUT2D eigenvalue weighted by molar-refractivity contribution is 1.48. The SMILES string of the molecule is N#Cc1ccc(C2=CSC(=C3SC=CS3)S2)cc1. The van der Waals surface area contributed by atoms with Gasteiger partial charge in [-0.3, -0.25) is 0 Å². The molecule has 0 unspecified atom stereocenters. The zero-order valence-corrected chi connectivity index (χ0v) is 12.4. The van der Waals surface area contributed by atoms with Crippen LogP contribution in [0.4, 0.5) is 0 Å². The summed E-state index contributed by atoms with van der Waals surface area (Å²) in [5.74, 6) is 0. The highest BCUT2D eigenvalue weighted by Crippen LogP contribution is 2.55. The number of thioether (sulfide) groups is 4. The summed E-state index contributed by atoms with van der Waals surface area (Å²) in [5.41, 5.74) is 1.89. The van der Waals surface area contributed by atoms with E-state index in [9.17, 15) is 0 Å². The van der Waals surface area contributed by atoms with Gasteiger partial charge in [-0.1, -0.05) is 59.2 Å². The van der Waals surface area contributed by atoms with E-state index in [1.54, 1.807) is 35.3 Å². The van der Waals surface area contributed by atoms with Gasteiger partial charge in [-0.05, 0) is 33.9 Å². The first-order chi connectivity index (χ1) is 8.86. The topological polar surface area (TPSA) is 23.8 Å². The Morgan fingerprint density at radius 3 is 2.28 bits per heavy atom. The lowest BCUT2D eigenvalue weighted by atomic mass is 10.1. The Morgan fingerprint density at radius 1 is 0.889 bits per heavy atom. The lowest BCUT2D eigenvalue weighted by Crippen LogP contribution is -1.78. The molecule has 0 saturated heterocycles. The van der Waals surface area contributed by atoms with Crippen molar-refractivity contribution in [1.29, 1.82) is 5.26 Å². The summed E-state index contributed by atoms with van der Waals surface area (Å²) in [6.07, 6.45) is 0. The molecule has 2 aliphatic rings. The number of benzene rings is 1. The maximum absolute atomic E-state index is 8.79. The first-order valence-electron chi connectivity index (χ1n) is 5.14. The molecule has 18 heavy (non-hydrogen) atoms. The van der Waals surface area contributed by atoms with Crippen molar-refractivity contribution < 1.29 is 0 Å². The molecular weight excluding hydrogens is 298 g/mol. The summed E-state index contributed by atoms with van der Waals surface area (Å²) in [5, 5.41) is 15.2. The molecule has 0 spiro atoms. The normalized spacial score (nSPS) is 18.1. The van der Waals surface area contributed by atoms with E-state index in [4.69, 9.17) is 5.26 Å². The maximum atomic E-state index is 8.79. The van der Waals surface area contributed by atoms with Crippen LogP contribution in [-0.4, -0.2) is 0 Å². The minimum atomic E-state index is 0.708. The molecule has 3 rings (SSSR count). The third-order valence-corrected chi connectivity index (χ3v) is 7.42. The first-order valence-corrected chi connectivity index (χ1v) is 8.60. The van der Waals surface area contributed by atoms with Crippen LogP contribution in [0, 0.1) is 11.3 Å². The largest absolute Gasteiger partial charge is 0.192 e. The average Bonchev–Trinajstić information content (AvgIpc) is 3.09. The van der Waals surface area contributed by atoms with Gasteiger partial charge >= 0.3 is 0 Å². The highest BCUT2D eigenvalue weighted by molar-refractivity contribution is 8.35. The lowest BCUT2D eigenvalue weighted by Gasteiger charge is -2.03. The molecule has 5 heteroatoms. The van der Waals surface area contributed by atoms with Crippen molar-refractivity contribution in [2.24, 2.45) is 0 Å². The van der Waals surface area contributed by atoms with Gasteiger partial charge in [0.2, 0.25) is 0 Å². The molecule has 2 aliphatic heterocycles. The highest BCUT2D eigenvalue weighted by Gasteiger charge is 2.19. The molecule has 0 aliphatic carbocycles. The van der Waals surface area contributed by atoms with E-state index in [-0.39, 0.29) is 0 Å². The smallest absolute Gasteiger partial charge is 0.0991 e. The summed E-state index contributed by atoms with van der Waals surface area (Å²) in [4.78, 5) is 1.26. The van der Waals surface area contributed by atoms with Gasteiger partial charge in [0.15, 0.2) is 0 Å². The van der Waals surface area contributed by atoms with E-state index in [0.29, 0.717) is 5.56 Å². The zero-order chi connectivity index (χ0) is 12.4. The van der Waals surface area contributed by atoms with Gasteiger partial charge in [0, 0.05) is 4.91 Å². The molecule has 0 bridgehead atoms. The van der Waals surface area contributed by atoms with Crippen LogP contribution in [0.15, 0.2) is 49.0 Å². The van der Waals surface area contributed by atoms with E-state index in [2.05, 4.69) is 22.3 Å². The van der Waals surface area contributed by atoms with E-state index in [1.165, 1.54) is 18.9 Å². The second-order valence-corrected chi connectivity index (χ2v) is 7.75. The van der Waals surface area contributed by atoms with Gasteiger partial charge in [-0.25, -0.2) is 0 Å². The predicted octanol–water partition coefficient (Wildman–Crippen LogP) is 5.41.